The van der Waals surface area contributed by atoms with Crippen LogP contribution in [0.2, 0.25) is 0 Å². The molecule has 6 nitrogen and oxygen atoms in total. The van der Waals surface area contributed by atoms with Gasteiger partial charge < -0.3 is 24.6 Å². The molecule has 0 heterocycles. The van der Waals surface area contributed by atoms with Crippen molar-refractivity contribution in [3.8, 4) is 11.5 Å². The van der Waals surface area contributed by atoms with Crippen molar-refractivity contribution in [2.75, 3.05) is 34.0 Å². The third kappa shape index (κ3) is 4.11. The number of methoxy groups -OCH3 is 2. The van der Waals surface area contributed by atoms with Crippen LogP contribution in [0, 0.1) is 0 Å². The van der Waals surface area contributed by atoms with E-state index in [2.05, 4.69) is 0 Å². The molecule has 0 fully saturated rings. The highest BCUT2D eigenvalue weighted by Crippen LogP contribution is 2.24. The Bertz CT molecular complexity index is 449. The summed E-state index contributed by atoms with van der Waals surface area (Å²) in [5, 5.41) is 19.2. The van der Waals surface area contributed by atoms with Crippen LogP contribution in [0.25, 0.3) is 0 Å². The number of hydrogen-bond acceptors (Lipinski definition) is 5. The van der Waals surface area contributed by atoms with Gasteiger partial charge in [-0.3, -0.25) is 4.79 Å². The highest BCUT2D eigenvalue weighted by atomic mass is 16.5. The lowest BCUT2D eigenvalue weighted by atomic mass is 10.1. The average molecular weight is 283 g/mol. The van der Waals surface area contributed by atoms with Crippen molar-refractivity contribution in [3.63, 3.8) is 0 Å². The second kappa shape index (κ2) is 7.72. The molecule has 1 atom stereocenters. The number of ether oxygens (including phenoxy) is 2. The molecule has 0 bridgehead atoms. The molecular weight excluding hydrogens is 262 g/mol. The van der Waals surface area contributed by atoms with Crippen LogP contribution in [0.1, 0.15) is 17.3 Å². The maximum atomic E-state index is 12.5. The van der Waals surface area contributed by atoms with Crippen molar-refractivity contribution < 1.29 is 24.5 Å². The number of nitrogens with zero attached hydrogens (tertiary/aromatic N) is 1. The Morgan fingerprint density at radius 2 is 2.00 bits per heavy atom. The first-order chi connectivity index (χ1) is 9.51. The molecule has 0 radical (unpaired) electrons. The lowest BCUT2D eigenvalue weighted by molar-refractivity contribution is 0.0476. The largest absolute Gasteiger partial charge is 0.508 e. The van der Waals surface area contributed by atoms with Crippen LogP contribution >= 0.6 is 0 Å². The molecule has 1 amide bonds. The van der Waals surface area contributed by atoms with Crippen molar-refractivity contribution in [3.05, 3.63) is 23.8 Å². The molecule has 0 aliphatic carbocycles. The average Bonchev–Trinajstić information content (AvgIpc) is 2.42. The monoisotopic (exact) mass is 283 g/mol. The van der Waals surface area contributed by atoms with Crippen LogP contribution in [0.5, 0.6) is 11.5 Å². The van der Waals surface area contributed by atoms with Gasteiger partial charge >= 0.3 is 0 Å². The fraction of sp³-hybridized carbons (Fsp3) is 0.500. The van der Waals surface area contributed by atoms with Crippen LogP contribution in [0.4, 0.5) is 0 Å². The number of benzene rings is 1. The standard InChI is InChI=1S/C14H21NO5/c1-10(9-20-3)15(6-7-19-2)14(18)12-8-11(16)4-5-13(12)17/h4-5,8,10,16-17H,6-7,9H2,1-3H3. The fourth-order valence-electron chi connectivity index (χ4n) is 1.89. The minimum Gasteiger partial charge on any atom is -0.508 e. The molecule has 20 heavy (non-hydrogen) atoms. The van der Waals surface area contributed by atoms with Gasteiger partial charge in [0, 0.05) is 20.8 Å². The first-order valence-corrected chi connectivity index (χ1v) is 6.32. The first kappa shape index (κ1) is 16.3. The molecule has 1 aromatic carbocycles. The molecule has 0 aliphatic heterocycles. The number of carbonyl (C=O) groups is 1. The van der Waals surface area contributed by atoms with Gasteiger partial charge in [0.15, 0.2) is 0 Å². The van der Waals surface area contributed by atoms with Gasteiger partial charge in [-0.25, -0.2) is 0 Å². The zero-order chi connectivity index (χ0) is 15.1. The van der Waals surface area contributed by atoms with Gasteiger partial charge in [-0.05, 0) is 25.1 Å². The number of rotatable bonds is 7. The summed E-state index contributed by atoms with van der Waals surface area (Å²) < 4.78 is 10.1. The highest BCUT2D eigenvalue weighted by Gasteiger charge is 2.23. The summed E-state index contributed by atoms with van der Waals surface area (Å²) >= 11 is 0. The van der Waals surface area contributed by atoms with Crippen LogP contribution in [-0.2, 0) is 9.47 Å². The van der Waals surface area contributed by atoms with Gasteiger partial charge in [0.25, 0.3) is 5.91 Å². The van der Waals surface area contributed by atoms with E-state index in [1.807, 2.05) is 6.92 Å². The molecule has 0 aliphatic rings. The van der Waals surface area contributed by atoms with Crippen molar-refractivity contribution in [2.24, 2.45) is 0 Å². The number of phenols is 2. The molecule has 0 aromatic heterocycles. The normalized spacial score (nSPS) is 12.2. The molecule has 112 valence electrons. The van der Waals surface area contributed by atoms with Crippen molar-refractivity contribution >= 4 is 5.91 Å². The molecule has 0 saturated heterocycles. The number of amides is 1. The van der Waals surface area contributed by atoms with Gasteiger partial charge in [-0.2, -0.15) is 0 Å². The van der Waals surface area contributed by atoms with E-state index >= 15 is 0 Å². The lowest BCUT2D eigenvalue weighted by Gasteiger charge is -2.29. The van der Waals surface area contributed by atoms with Crippen LogP contribution < -0.4 is 0 Å². The van der Waals surface area contributed by atoms with Gasteiger partial charge in [0.05, 0.1) is 24.8 Å². The summed E-state index contributed by atoms with van der Waals surface area (Å²) in [5.74, 6) is -0.614. The third-order valence-corrected chi connectivity index (χ3v) is 2.95. The Morgan fingerprint density at radius 3 is 2.60 bits per heavy atom. The Morgan fingerprint density at radius 1 is 1.30 bits per heavy atom. The van der Waals surface area contributed by atoms with E-state index in [4.69, 9.17) is 9.47 Å². The summed E-state index contributed by atoms with van der Waals surface area (Å²) in [5.41, 5.74) is 0.0593. The minimum absolute atomic E-state index is 0.0593. The molecule has 0 spiro atoms. The highest BCUT2D eigenvalue weighted by molar-refractivity contribution is 5.97. The van der Waals surface area contributed by atoms with E-state index in [9.17, 15) is 15.0 Å². The van der Waals surface area contributed by atoms with E-state index in [0.29, 0.717) is 19.8 Å². The van der Waals surface area contributed by atoms with E-state index in [1.165, 1.54) is 18.2 Å². The Balaban J connectivity index is 2.99. The predicted octanol–water partition coefficient (Wildman–Crippen LogP) is 1.22. The maximum Gasteiger partial charge on any atom is 0.258 e. The Hall–Kier alpha value is -1.79. The van der Waals surface area contributed by atoms with Gasteiger partial charge in [-0.1, -0.05) is 0 Å². The summed E-state index contributed by atoms with van der Waals surface area (Å²) in [6, 6.07) is 3.68. The maximum absolute atomic E-state index is 12.5. The Labute approximate surface area is 118 Å². The van der Waals surface area contributed by atoms with E-state index in [0.717, 1.165) is 0 Å². The van der Waals surface area contributed by atoms with E-state index in [1.54, 1.807) is 19.1 Å². The van der Waals surface area contributed by atoms with E-state index < -0.39 is 0 Å². The molecule has 0 saturated carbocycles. The van der Waals surface area contributed by atoms with E-state index in [-0.39, 0.29) is 29.0 Å². The lowest BCUT2D eigenvalue weighted by Crippen LogP contribution is -2.43. The molecule has 6 heteroatoms. The van der Waals surface area contributed by atoms with Crippen LogP contribution in [0.15, 0.2) is 18.2 Å². The Kier molecular flexibility index (Phi) is 6.27. The van der Waals surface area contributed by atoms with Gasteiger partial charge in [0.1, 0.15) is 11.5 Å². The second-order valence-electron chi connectivity index (χ2n) is 4.50. The summed E-state index contributed by atoms with van der Waals surface area (Å²) in [7, 11) is 3.11. The molecule has 2 N–H and O–H groups in total. The summed E-state index contributed by atoms with van der Waals surface area (Å²) in [4.78, 5) is 14.0. The molecule has 1 rings (SSSR count). The molecule has 1 unspecified atom stereocenters. The summed E-state index contributed by atoms with van der Waals surface area (Å²) in [6.45, 7) is 2.96. The zero-order valence-electron chi connectivity index (χ0n) is 12.0. The third-order valence-electron chi connectivity index (χ3n) is 2.95. The minimum atomic E-state index is -0.375. The quantitative estimate of drug-likeness (QED) is 0.736. The second-order valence-corrected chi connectivity index (χ2v) is 4.50. The first-order valence-electron chi connectivity index (χ1n) is 6.32. The van der Waals surface area contributed by atoms with Crippen LogP contribution in [-0.4, -0.2) is 61.0 Å². The number of phenolic OH excluding ortho intramolecular Hbond substituents is 2. The number of aromatic hydroxyl groups is 2. The smallest absolute Gasteiger partial charge is 0.258 e. The molecular formula is C14H21NO5. The van der Waals surface area contributed by atoms with Crippen molar-refractivity contribution in [2.45, 2.75) is 13.0 Å². The summed E-state index contributed by atoms with van der Waals surface area (Å²) in [6.07, 6.45) is 0. The number of hydrogen-bond donors (Lipinski definition) is 2. The SMILES string of the molecule is COCCN(C(=O)c1cc(O)ccc1O)C(C)COC. The van der Waals surface area contributed by atoms with Crippen LogP contribution in [0.3, 0.4) is 0 Å². The van der Waals surface area contributed by atoms with Gasteiger partial charge in [0.2, 0.25) is 0 Å². The fourth-order valence-corrected chi connectivity index (χ4v) is 1.89. The zero-order valence-corrected chi connectivity index (χ0v) is 12.0. The van der Waals surface area contributed by atoms with Gasteiger partial charge in [-0.15, -0.1) is 0 Å². The van der Waals surface area contributed by atoms with Crippen molar-refractivity contribution in [1.29, 1.82) is 0 Å². The van der Waals surface area contributed by atoms with Crippen molar-refractivity contribution in [1.82, 2.24) is 4.90 Å². The topological polar surface area (TPSA) is 79.2 Å². The predicted molar refractivity (Wildman–Crippen MR) is 74.0 cm³/mol. The molecule has 1 aromatic rings. The number of carbonyl (C=O) groups excluding carboxylic acids is 1.